The molecule has 4 atom stereocenters. The first-order valence-electron chi connectivity index (χ1n) is 8.18. The molecule has 1 saturated heterocycles. The van der Waals surface area contributed by atoms with Crippen LogP contribution in [0.3, 0.4) is 0 Å². The third-order valence-corrected chi connectivity index (χ3v) is 5.18. The molecule has 1 heterocycles. The third kappa shape index (κ3) is 3.71. The van der Waals surface area contributed by atoms with Crippen molar-refractivity contribution >= 4 is 0 Å². The van der Waals surface area contributed by atoms with Crippen LogP contribution in [0.1, 0.15) is 59.3 Å². The molecule has 0 aromatic heterocycles. The summed E-state index contributed by atoms with van der Waals surface area (Å²) in [6, 6.07) is 1.47. The molecule has 0 spiro atoms. The molecule has 2 rings (SSSR count). The number of rotatable bonds is 4. The minimum absolute atomic E-state index is 0.729. The number of piperazine rings is 1. The van der Waals surface area contributed by atoms with Gasteiger partial charge in [0.05, 0.1) is 0 Å². The molecule has 0 bridgehead atoms. The first-order chi connectivity index (χ1) is 8.70. The van der Waals surface area contributed by atoms with E-state index in [2.05, 4.69) is 31.0 Å². The van der Waals surface area contributed by atoms with Gasteiger partial charge in [0.15, 0.2) is 0 Å². The maximum absolute atomic E-state index is 3.71. The van der Waals surface area contributed by atoms with E-state index in [0.29, 0.717) is 0 Å². The summed E-state index contributed by atoms with van der Waals surface area (Å²) < 4.78 is 0. The lowest BCUT2D eigenvalue weighted by atomic mass is 9.80. The van der Waals surface area contributed by atoms with Gasteiger partial charge in [0, 0.05) is 31.7 Å². The van der Waals surface area contributed by atoms with E-state index in [1.807, 2.05) is 0 Å². The van der Waals surface area contributed by atoms with Gasteiger partial charge in [0.1, 0.15) is 0 Å². The van der Waals surface area contributed by atoms with Gasteiger partial charge in [-0.1, -0.05) is 39.5 Å². The molecule has 2 fully saturated rings. The van der Waals surface area contributed by atoms with Crippen LogP contribution in [-0.4, -0.2) is 36.6 Å². The van der Waals surface area contributed by atoms with Gasteiger partial charge in [-0.05, 0) is 31.6 Å². The molecule has 1 aliphatic heterocycles. The minimum Gasteiger partial charge on any atom is -0.311 e. The molecule has 0 amide bonds. The quantitative estimate of drug-likeness (QED) is 0.826. The normalized spacial score (nSPS) is 38.8. The number of nitrogens with one attached hydrogen (secondary N) is 1. The number of hydrogen-bond acceptors (Lipinski definition) is 2. The lowest BCUT2D eigenvalue weighted by molar-refractivity contribution is 0.0887. The van der Waals surface area contributed by atoms with Crippen molar-refractivity contribution in [2.24, 2.45) is 11.8 Å². The Kier molecular flexibility index (Phi) is 5.50. The molecule has 18 heavy (non-hydrogen) atoms. The van der Waals surface area contributed by atoms with Crippen molar-refractivity contribution in [3.8, 4) is 0 Å². The number of hydrogen-bond donors (Lipinski definition) is 1. The van der Waals surface area contributed by atoms with Crippen molar-refractivity contribution in [2.45, 2.75) is 71.4 Å². The van der Waals surface area contributed by atoms with E-state index < -0.39 is 0 Å². The predicted octanol–water partition coefficient (Wildman–Crippen LogP) is 3.28. The summed E-state index contributed by atoms with van der Waals surface area (Å²) >= 11 is 0. The van der Waals surface area contributed by atoms with Gasteiger partial charge in [0.2, 0.25) is 0 Å². The third-order valence-electron chi connectivity index (χ3n) is 5.18. The van der Waals surface area contributed by atoms with E-state index in [1.165, 1.54) is 58.2 Å². The van der Waals surface area contributed by atoms with Gasteiger partial charge in [-0.25, -0.2) is 0 Å². The highest BCUT2D eigenvalue weighted by Crippen LogP contribution is 2.31. The van der Waals surface area contributed by atoms with Crippen LogP contribution in [0.4, 0.5) is 0 Å². The summed E-state index contributed by atoms with van der Waals surface area (Å²) in [5.74, 6) is 1.91. The average Bonchev–Trinajstić information content (AvgIpc) is 2.36. The summed E-state index contributed by atoms with van der Waals surface area (Å²) in [4.78, 5) is 2.77. The largest absolute Gasteiger partial charge is 0.311 e. The molecule has 2 heteroatoms. The standard InChI is InChI=1S/C16H32N2/c1-4-7-16-12-18(14(3)10-17-16)11-15-9-6-5-8-13(15)2/h13-17H,4-12H2,1-3H3. The van der Waals surface area contributed by atoms with Crippen molar-refractivity contribution in [3.05, 3.63) is 0 Å². The Bertz CT molecular complexity index is 241. The summed E-state index contributed by atoms with van der Waals surface area (Å²) in [6.45, 7) is 11.0. The molecule has 1 aliphatic carbocycles. The van der Waals surface area contributed by atoms with Gasteiger partial charge < -0.3 is 5.32 Å². The summed E-state index contributed by atoms with van der Waals surface area (Å²) in [5, 5.41) is 3.71. The second kappa shape index (κ2) is 6.91. The highest BCUT2D eigenvalue weighted by molar-refractivity contribution is 4.86. The maximum atomic E-state index is 3.71. The zero-order chi connectivity index (χ0) is 13.0. The molecule has 1 N–H and O–H groups in total. The van der Waals surface area contributed by atoms with Gasteiger partial charge in [-0.2, -0.15) is 0 Å². The lowest BCUT2D eigenvalue weighted by Gasteiger charge is -2.42. The van der Waals surface area contributed by atoms with Crippen LogP contribution < -0.4 is 5.32 Å². The molecule has 2 aliphatic rings. The van der Waals surface area contributed by atoms with Crippen molar-refractivity contribution in [2.75, 3.05) is 19.6 Å². The smallest absolute Gasteiger partial charge is 0.0195 e. The summed E-state index contributed by atoms with van der Waals surface area (Å²) in [5.41, 5.74) is 0. The second-order valence-corrected chi connectivity index (χ2v) is 6.72. The van der Waals surface area contributed by atoms with E-state index >= 15 is 0 Å². The van der Waals surface area contributed by atoms with Crippen molar-refractivity contribution in [1.29, 1.82) is 0 Å². The fraction of sp³-hybridized carbons (Fsp3) is 1.00. The molecule has 106 valence electrons. The summed E-state index contributed by atoms with van der Waals surface area (Å²) in [7, 11) is 0. The Labute approximate surface area is 114 Å². The predicted molar refractivity (Wildman–Crippen MR) is 78.9 cm³/mol. The maximum Gasteiger partial charge on any atom is 0.0195 e. The first kappa shape index (κ1) is 14.3. The number of nitrogens with zero attached hydrogens (tertiary/aromatic N) is 1. The van der Waals surface area contributed by atoms with E-state index in [1.54, 1.807) is 0 Å². The highest BCUT2D eigenvalue weighted by Gasteiger charge is 2.29. The lowest BCUT2D eigenvalue weighted by Crippen LogP contribution is -2.56. The fourth-order valence-electron chi connectivity index (χ4n) is 3.76. The van der Waals surface area contributed by atoms with Gasteiger partial charge >= 0.3 is 0 Å². The van der Waals surface area contributed by atoms with E-state index in [4.69, 9.17) is 0 Å². The zero-order valence-electron chi connectivity index (χ0n) is 12.6. The summed E-state index contributed by atoms with van der Waals surface area (Å²) in [6.07, 6.45) is 8.50. The van der Waals surface area contributed by atoms with Crippen molar-refractivity contribution < 1.29 is 0 Å². The van der Waals surface area contributed by atoms with Crippen LogP contribution in [0.15, 0.2) is 0 Å². The average molecular weight is 252 g/mol. The molecule has 1 saturated carbocycles. The van der Waals surface area contributed by atoms with Crippen LogP contribution >= 0.6 is 0 Å². The molecule has 0 radical (unpaired) electrons. The van der Waals surface area contributed by atoms with Crippen LogP contribution in [-0.2, 0) is 0 Å². The topological polar surface area (TPSA) is 15.3 Å². The van der Waals surface area contributed by atoms with Crippen molar-refractivity contribution in [3.63, 3.8) is 0 Å². The molecule has 0 aromatic rings. The fourth-order valence-corrected chi connectivity index (χ4v) is 3.76. The highest BCUT2D eigenvalue weighted by atomic mass is 15.2. The zero-order valence-corrected chi connectivity index (χ0v) is 12.6. The Morgan fingerprint density at radius 2 is 1.94 bits per heavy atom. The van der Waals surface area contributed by atoms with E-state index in [9.17, 15) is 0 Å². The van der Waals surface area contributed by atoms with Crippen LogP contribution in [0.25, 0.3) is 0 Å². The molecule has 4 unspecified atom stereocenters. The van der Waals surface area contributed by atoms with Gasteiger partial charge in [-0.15, -0.1) is 0 Å². The van der Waals surface area contributed by atoms with Crippen LogP contribution in [0.2, 0.25) is 0 Å². The Morgan fingerprint density at radius 3 is 2.67 bits per heavy atom. The Hall–Kier alpha value is -0.0800. The van der Waals surface area contributed by atoms with Crippen LogP contribution in [0.5, 0.6) is 0 Å². The Balaban J connectivity index is 1.85. The molecular formula is C16H32N2. The molecule has 2 nitrogen and oxygen atoms in total. The molecule has 0 aromatic carbocycles. The van der Waals surface area contributed by atoms with Crippen LogP contribution in [0, 0.1) is 11.8 Å². The van der Waals surface area contributed by atoms with Crippen molar-refractivity contribution in [1.82, 2.24) is 10.2 Å². The molecular weight excluding hydrogens is 220 g/mol. The van der Waals surface area contributed by atoms with Gasteiger partial charge in [0.25, 0.3) is 0 Å². The SMILES string of the molecule is CCCC1CN(CC2CCCCC2C)C(C)CN1. The minimum atomic E-state index is 0.729. The monoisotopic (exact) mass is 252 g/mol. The second-order valence-electron chi connectivity index (χ2n) is 6.72. The van der Waals surface area contributed by atoms with Gasteiger partial charge in [-0.3, -0.25) is 4.90 Å². The Morgan fingerprint density at radius 1 is 1.17 bits per heavy atom. The first-order valence-corrected chi connectivity index (χ1v) is 8.18. The van der Waals surface area contributed by atoms with E-state index in [0.717, 1.165) is 23.9 Å². The van der Waals surface area contributed by atoms with E-state index in [-0.39, 0.29) is 0 Å².